The maximum atomic E-state index is 5.32. The summed E-state index contributed by atoms with van der Waals surface area (Å²) in [7, 11) is 0. The van der Waals surface area contributed by atoms with E-state index in [2.05, 4.69) is 6.58 Å². The van der Waals surface area contributed by atoms with E-state index >= 15 is 0 Å². The van der Waals surface area contributed by atoms with E-state index in [0.29, 0.717) is 13.2 Å². The van der Waals surface area contributed by atoms with Crippen LogP contribution in [0.2, 0.25) is 0 Å². The van der Waals surface area contributed by atoms with Crippen LogP contribution in [0.25, 0.3) is 0 Å². The predicted molar refractivity (Wildman–Crippen MR) is 51.0 cm³/mol. The molecular weight excluding hydrogens is 152 g/mol. The number of hydrogen-bond acceptors (Lipinski definition) is 2. The fourth-order valence-electron chi connectivity index (χ4n) is 0.842. The van der Waals surface area contributed by atoms with Crippen LogP contribution in [0.1, 0.15) is 20.3 Å². The van der Waals surface area contributed by atoms with Crippen molar-refractivity contribution < 1.29 is 9.47 Å². The van der Waals surface area contributed by atoms with Crippen molar-refractivity contribution in [3.63, 3.8) is 0 Å². The fourth-order valence-corrected chi connectivity index (χ4v) is 0.842. The van der Waals surface area contributed by atoms with E-state index < -0.39 is 0 Å². The van der Waals surface area contributed by atoms with Crippen LogP contribution in [0.15, 0.2) is 24.8 Å². The highest BCUT2D eigenvalue weighted by atomic mass is 16.7. The van der Waals surface area contributed by atoms with Crippen LogP contribution in [0.4, 0.5) is 0 Å². The van der Waals surface area contributed by atoms with Gasteiger partial charge in [-0.05, 0) is 13.8 Å². The highest BCUT2D eigenvalue weighted by molar-refractivity contribution is 4.97. The summed E-state index contributed by atoms with van der Waals surface area (Å²) in [5, 5.41) is 0. The maximum absolute atomic E-state index is 5.32. The van der Waals surface area contributed by atoms with Gasteiger partial charge in [0.2, 0.25) is 0 Å². The van der Waals surface area contributed by atoms with Gasteiger partial charge in [-0.3, -0.25) is 0 Å². The third-order valence-electron chi connectivity index (χ3n) is 1.31. The van der Waals surface area contributed by atoms with Gasteiger partial charge in [0.05, 0.1) is 0 Å². The summed E-state index contributed by atoms with van der Waals surface area (Å²) in [5.41, 5.74) is 0. The van der Waals surface area contributed by atoms with Crippen molar-refractivity contribution in [3.8, 4) is 0 Å². The lowest BCUT2D eigenvalue weighted by molar-refractivity contribution is -0.133. The molecule has 0 saturated heterocycles. The van der Waals surface area contributed by atoms with Crippen molar-refractivity contribution in [2.75, 3.05) is 13.2 Å². The number of allylic oxidation sites excluding steroid dienone is 2. The standard InChI is InChI=1S/C10H18O2/c1-4-7-8-9-10(11-5-2)12-6-3/h4,7-8,10H,1,5-6,9H2,2-3H3/b8-7-. The minimum Gasteiger partial charge on any atom is -0.353 e. The molecule has 2 nitrogen and oxygen atoms in total. The first-order chi connectivity index (χ1) is 5.85. The second-order valence-corrected chi connectivity index (χ2v) is 2.24. The number of hydrogen-bond donors (Lipinski definition) is 0. The summed E-state index contributed by atoms with van der Waals surface area (Å²) < 4.78 is 10.6. The Morgan fingerprint density at radius 1 is 1.25 bits per heavy atom. The Balaban J connectivity index is 3.61. The van der Waals surface area contributed by atoms with Crippen molar-refractivity contribution >= 4 is 0 Å². The minimum absolute atomic E-state index is 0.101. The highest BCUT2D eigenvalue weighted by Gasteiger charge is 2.03. The lowest BCUT2D eigenvalue weighted by Crippen LogP contribution is -2.16. The molecule has 0 heterocycles. The second kappa shape index (κ2) is 8.50. The van der Waals surface area contributed by atoms with Crippen LogP contribution < -0.4 is 0 Å². The topological polar surface area (TPSA) is 18.5 Å². The van der Waals surface area contributed by atoms with Gasteiger partial charge in [-0.1, -0.05) is 24.8 Å². The van der Waals surface area contributed by atoms with Crippen LogP contribution in [-0.4, -0.2) is 19.5 Å². The molecule has 0 atom stereocenters. The molecule has 0 rings (SSSR count). The Morgan fingerprint density at radius 2 is 1.83 bits per heavy atom. The molecule has 0 bridgehead atoms. The SMILES string of the molecule is C=C/C=C\CC(OCC)OCC. The maximum Gasteiger partial charge on any atom is 0.160 e. The van der Waals surface area contributed by atoms with Gasteiger partial charge in [0, 0.05) is 19.6 Å². The molecule has 0 unspecified atom stereocenters. The fraction of sp³-hybridized carbons (Fsp3) is 0.600. The summed E-state index contributed by atoms with van der Waals surface area (Å²) in [4.78, 5) is 0. The predicted octanol–water partition coefficient (Wildman–Crippen LogP) is 2.52. The van der Waals surface area contributed by atoms with Gasteiger partial charge < -0.3 is 9.47 Å². The summed E-state index contributed by atoms with van der Waals surface area (Å²) in [5.74, 6) is 0. The zero-order valence-corrected chi connectivity index (χ0v) is 7.95. The molecule has 0 radical (unpaired) electrons. The molecule has 0 aromatic heterocycles. The Kier molecular flexibility index (Phi) is 8.07. The molecule has 0 aliphatic rings. The second-order valence-electron chi connectivity index (χ2n) is 2.24. The molecule has 0 saturated carbocycles. The van der Waals surface area contributed by atoms with E-state index in [9.17, 15) is 0 Å². The first-order valence-electron chi connectivity index (χ1n) is 4.35. The van der Waals surface area contributed by atoms with Crippen molar-refractivity contribution in [1.29, 1.82) is 0 Å². The van der Waals surface area contributed by atoms with Gasteiger partial charge in [-0.15, -0.1) is 0 Å². The third kappa shape index (κ3) is 6.13. The normalized spacial score (nSPS) is 11.2. The van der Waals surface area contributed by atoms with Crippen LogP contribution in [0.3, 0.4) is 0 Å². The van der Waals surface area contributed by atoms with E-state index in [4.69, 9.17) is 9.47 Å². The molecule has 0 spiro atoms. The molecule has 12 heavy (non-hydrogen) atoms. The monoisotopic (exact) mass is 170 g/mol. The largest absolute Gasteiger partial charge is 0.353 e. The lowest BCUT2D eigenvalue weighted by atomic mass is 10.3. The van der Waals surface area contributed by atoms with E-state index in [1.807, 2.05) is 26.0 Å². The summed E-state index contributed by atoms with van der Waals surface area (Å²) in [6.45, 7) is 8.88. The molecule has 0 aliphatic carbocycles. The van der Waals surface area contributed by atoms with Gasteiger partial charge in [0.1, 0.15) is 0 Å². The van der Waals surface area contributed by atoms with Crippen molar-refractivity contribution in [1.82, 2.24) is 0 Å². The van der Waals surface area contributed by atoms with Gasteiger partial charge in [-0.25, -0.2) is 0 Å². The zero-order chi connectivity index (χ0) is 9.23. The van der Waals surface area contributed by atoms with E-state index in [1.54, 1.807) is 6.08 Å². The van der Waals surface area contributed by atoms with Crippen LogP contribution in [-0.2, 0) is 9.47 Å². The summed E-state index contributed by atoms with van der Waals surface area (Å²) in [6.07, 6.45) is 6.31. The summed E-state index contributed by atoms with van der Waals surface area (Å²) >= 11 is 0. The van der Waals surface area contributed by atoms with Crippen molar-refractivity contribution in [2.24, 2.45) is 0 Å². The minimum atomic E-state index is -0.101. The molecular formula is C10H18O2. The number of rotatable bonds is 7. The summed E-state index contributed by atoms with van der Waals surface area (Å²) in [6, 6.07) is 0. The lowest BCUT2D eigenvalue weighted by Gasteiger charge is -2.14. The van der Waals surface area contributed by atoms with E-state index in [1.165, 1.54) is 0 Å². The van der Waals surface area contributed by atoms with Gasteiger partial charge in [0.25, 0.3) is 0 Å². The average molecular weight is 170 g/mol. The quantitative estimate of drug-likeness (QED) is 0.432. The molecule has 0 amide bonds. The van der Waals surface area contributed by atoms with Gasteiger partial charge >= 0.3 is 0 Å². The Morgan fingerprint density at radius 3 is 2.25 bits per heavy atom. The van der Waals surface area contributed by atoms with E-state index in [-0.39, 0.29) is 6.29 Å². The van der Waals surface area contributed by atoms with Crippen LogP contribution in [0.5, 0.6) is 0 Å². The zero-order valence-electron chi connectivity index (χ0n) is 7.95. The van der Waals surface area contributed by atoms with Crippen LogP contribution >= 0.6 is 0 Å². The third-order valence-corrected chi connectivity index (χ3v) is 1.31. The molecule has 70 valence electrons. The molecule has 0 aromatic carbocycles. The molecule has 0 aromatic rings. The Hall–Kier alpha value is -0.600. The Bertz CT molecular complexity index is 124. The van der Waals surface area contributed by atoms with E-state index in [0.717, 1.165) is 6.42 Å². The first-order valence-corrected chi connectivity index (χ1v) is 4.35. The number of ether oxygens (including phenoxy) is 2. The Labute approximate surface area is 74.9 Å². The van der Waals surface area contributed by atoms with Crippen molar-refractivity contribution in [3.05, 3.63) is 24.8 Å². The molecule has 0 fully saturated rings. The van der Waals surface area contributed by atoms with Crippen LogP contribution in [0, 0.1) is 0 Å². The molecule has 0 N–H and O–H groups in total. The molecule has 2 heteroatoms. The van der Waals surface area contributed by atoms with Gasteiger partial charge in [0.15, 0.2) is 6.29 Å². The van der Waals surface area contributed by atoms with Crippen molar-refractivity contribution in [2.45, 2.75) is 26.6 Å². The average Bonchev–Trinajstić information content (AvgIpc) is 2.06. The molecule has 0 aliphatic heterocycles. The smallest absolute Gasteiger partial charge is 0.160 e. The van der Waals surface area contributed by atoms with Gasteiger partial charge in [-0.2, -0.15) is 0 Å². The first kappa shape index (κ1) is 11.4. The highest BCUT2D eigenvalue weighted by Crippen LogP contribution is 2.01.